The second kappa shape index (κ2) is 8.51. The third kappa shape index (κ3) is 4.24. The molecular weight excluding hydrogens is 435 g/mol. The number of nitrogens with one attached hydrogen (secondary N) is 1. The van der Waals surface area contributed by atoms with Gasteiger partial charge in [0.05, 0.1) is 23.2 Å². The Kier molecular flexibility index (Phi) is 5.75. The molecule has 0 aliphatic carbocycles. The molecule has 0 atom stereocenters. The van der Waals surface area contributed by atoms with Crippen molar-refractivity contribution >= 4 is 27.3 Å². The molecule has 1 heterocycles. The SMILES string of the molecule is CN(c1ccc(-c2ccccc2F)cc1NC(=O)c1cccc2c1OCCO2)S(C)(=O)=O. The van der Waals surface area contributed by atoms with E-state index >= 15 is 0 Å². The number of hydrogen-bond acceptors (Lipinski definition) is 5. The maximum Gasteiger partial charge on any atom is 0.259 e. The zero-order valence-corrected chi connectivity index (χ0v) is 18.3. The first-order chi connectivity index (χ1) is 15.3. The van der Waals surface area contributed by atoms with Gasteiger partial charge in [0.15, 0.2) is 11.5 Å². The number of benzene rings is 3. The van der Waals surface area contributed by atoms with Crippen molar-refractivity contribution < 1.29 is 27.1 Å². The summed E-state index contributed by atoms with van der Waals surface area (Å²) in [6.45, 7) is 0.689. The molecular formula is C23H21FN2O5S. The van der Waals surface area contributed by atoms with E-state index in [1.807, 2.05) is 0 Å². The van der Waals surface area contributed by atoms with Crippen LogP contribution in [0.3, 0.4) is 0 Å². The molecule has 0 spiro atoms. The van der Waals surface area contributed by atoms with Crippen molar-refractivity contribution in [1.29, 1.82) is 0 Å². The minimum Gasteiger partial charge on any atom is -0.486 e. The van der Waals surface area contributed by atoms with Crippen LogP contribution in [0.25, 0.3) is 11.1 Å². The number of nitrogens with zero attached hydrogens (tertiary/aromatic N) is 1. The standard InChI is InChI=1S/C23H21FN2O5S/c1-26(32(2,28)29)20-11-10-15(16-6-3-4-8-18(16)24)14-19(20)25-23(27)17-7-5-9-21-22(17)31-13-12-30-21/h3-11,14H,12-13H2,1-2H3,(H,25,27). The molecule has 4 rings (SSSR count). The Bertz CT molecular complexity index is 1290. The second-order valence-corrected chi connectivity index (χ2v) is 9.24. The Morgan fingerprint density at radius 3 is 2.53 bits per heavy atom. The lowest BCUT2D eigenvalue weighted by Gasteiger charge is -2.23. The lowest BCUT2D eigenvalue weighted by atomic mass is 10.0. The Balaban J connectivity index is 1.78. The summed E-state index contributed by atoms with van der Waals surface area (Å²) < 4.78 is 50.9. The van der Waals surface area contributed by atoms with Crippen molar-refractivity contribution in [3.05, 3.63) is 72.0 Å². The molecule has 0 saturated heterocycles. The van der Waals surface area contributed by atoms with Crippen LogP contribution in [0.4, 0.5) is 15.8 Å². The molecule has 32 heavy (non-hydrogen) atoms. The zero-order chi connectivity index (χ0) is 22.9. The number of para-hydroxylation sites is 1. The summed E-state index contributed by atoms with van der Waals surface area (Å²) in [5.74, 6) is -0.171. The van der Waals surface area contributed by atoms with Crippen LogP contribution >= 0.6 is 0 Å². The minimum atomic E-state index is -3.62. The van der Waals surface area contributed by atoms with Crippen LogP contribution in [-0.2, 0) is 10.0 Å². The molecule has 1 aliphatic rings. The summed E-state index contributed by atoms with van der Waals surface area (Å²) in [7, 11) is -2.24. The van der Waals surface area contributed by atoms with Crippen LogP contribution in [-0.4, -0.2) is 40.8 Å². The van der Waals surface area contributed by atoms with E-state index in [0.717, 1.165) is 10.6 Å². The second-order valence-electron chi connectivity index (χ2n) is 7.23. The van der Waals surface area contributed by atoms with E-state index in [0.29, 0.717) is 35.8 Å². The molecule has 0 aromatic heterocycles. The predicted octanol–water partition coefficient (Wildman–Crippen LogP) is 3.91. The highest BCUT2D eigenvalue weighted by atomic mass is 32.2. The van der Waals surface area contributed by atoms with Crippen molar-refractivity contribution in [2.75, 3.05) is 36.1 Å². The fourth-order valence-corrected chi connectivity index (χ4v) is 3.91. The van der Waals surface area contributed by atoms with E-state index in [9.17, 15) is 17.6 Å². The van der Waals surface area contributed by atoms with Gasteiger partial charge in [0.2, 0.25) is 10.0 Å². The first kappa shape index (κ1) is 21.6. The van der Waals surface area contributed by atoms with Crippen molar-refractivity contribution in [1.82, 2.24) is 0 Å². The van der Waals surface area contributed by atoms with Gasteiger partial charge >= 0.3 is 0 Å². The maximum absolute atomic E-state index is 14.3. The highest BCUT2D eigenvalue weighted by molar-refractivity contribution is 7.92. The van der Waals surface area contributed by atoms with Gasteiger partial charge in [-0.15, -0.1) is 0 Å². The van der Waals surface area contributed by atoms with E-state index in [-0.39, 0.29) is 16.9 Å². The van der Waals surface area contributed by atoms with Gasteiger partial charge in [0.25, 0.3) is 5.91 Å². The summed E-state index contributed by atoms with van der Waals surface area (Å²) in [6.07, 6.45) is 1.06. The third-order valence-corrected chi connectivity index (χ3v) is 6.27. The lowest BCUT2D eigenvalue weighted by Crippen LogP contribution is -2.27. The zero-order valence-electron chi connectivity index (χ0n) is 17.5. The predicted molar refractivity (Wildman–Crippen MR) is 120 cm³/mol. The Morgan fingerprint density at radius 1 is 1.03 bits per heavy atom. The highest BCUT2D eigenvalue weighted by Gasteiger charge is 2.23. The van der Waals surface area contributed by atoms with Gasteiger partial charge in [-0.05, 0) is 35.9 Å². The molecule has 0 fully saturated rings. The van der Waals surface area contributed by atoms with Crippen LogP contribution in [0.15, 0.2) is 60.7 Å². The molecule has 3 aromatic carbocycles. The number of hydrogen-bond donors (Lipinski definition) is 1. The summed E-state index contributed by atoms with van der Waals surface area (Å²) in [5, 5.41) is 2.76. The molecule has 0 unspecified atom stereocenters. The van der Waals surface area contributed by atoms with E-state index in [1.54, 1.807) is 48.5 Å². The van der Waals surface area contributed by atoms with Gasteiger partial charge in [0, 0.05) is 12.6 Å². The Hall–Kier alpha value is -3.59. The number of ether oxygens (including phenoxy) is 2. The van der Waals surface area contributed by atoms with E-state index < -0.39 is 21.7 Å². The fraction of sp³-hybridized carbons (Fsp3) is 0.174. The Labute approximate surface area is 185 Å². The van der Waals surface area contributed by atoms with Crippen LogP contribution in [0.5, 0.6) is 11.5 Å². The summed E-state index contributed by atoms with van der Waals surface area (Å²) in [4.78, 5) is 13.1. The number of anilines is 2. The molecule has 1 amide bonds. The summed E-state index contributed by atoms with van der Waals surface area (Å²) in [6, 6.07) is 15.8. The summed E-state index contributed by atoms with van der Waals surface area (Å²) in [5.41, 5.74) is 1.50. The van der Waals surface area contributed by atoms with Crippen molar-refractivity contribution in [2.24, 2.45) is 0 Å². The number of fused-ring (bicyclic) bond motifs is 1. The van der Waals surface area contributed by atoms with Crippen molar-refractivity contribution in [3.8, 4) is 22.6 Å². The molecule has 0 saturated carbocycles. The van der Waals surface area contributed by atoms with Crippen LogP contribution in [0, 0.1) is 5.82 Å². The fourth-order valence-electron chi connectivity index (χ4n) is 3.39. The smallest absolute Gasteiger partial charge is 0.259 e. The van der Waals surface area contributed by atoms with E-state index in [1.165, 1.54) is 19.2 Å². The molecule has 0 bridgehead atoms. The van der Waals surface area contributed by atoms with Gasteiger partial charge < -0.3 is 14.8 Å². The lowest BCUT2D eigenvalue weighted by molar-refractivity contribution is 0.101. The third-order valence-electron chi connectivity index (χ3n) is 5.08. The van der Waals surface area contributed by atoms with E-state index in [2.05, 4.69) is 5.32 Å². The van der Waals surface area contributed by atoms with Crippen molar-refractivity contribution in [3.63, 3.8) is 0 Å². The number of rotatable bonds is 5. The van der Waals surface area contributed by atoms with Gasteiger partial charge in [-0.25, -0.2) is 12.8 Å². The minimum absolute atomic E-state index is 0.206. The largest absolute Gasteiger partial charge is 0.486 e. The monoisotopic (exact) mass is 456 g/mol. The molecule has 0 radical (unpaired) electrons. The highest BCUT2D eigenvalue weighted by Crippen LogP contribution is 2.36. The average molecular weight is 456 g/mol. The van der Waals surface area contributed by atoms with Crippen LogP contribution in [0.1, 0.15) is 10.4 Å². The Morgan fingerprint density at radius 2 is 1.78 bits per heavy atom. The average Bonchev–Trinajstić information content (AvgIpc) is 2.78. The van der Waals surface area contributed by atoms with Gasteiger partial charge in [-0.1, -0.05) is 30.3 Å². The number of halogens is 1. The number of carbonyl (C=O) groups excluding carboxylic acids is 1. The number of amides is 1. The quantitative estimate of drug-likeness (QED) is 0.629. The van der Waals surface area contributed by atoms with Gasteiger partial charge in [0.1, 0.15) is 19.0 Å². The van der Waals surface area contributed by atoms with Crippen LogP contribution < -0.4 is 19.1 Å². The number of carbonyl (C=O) groups is 1. The van der Waals surface area contributed by atoms with Gasteiger partial charge in [-0.2, -0.15) is 0 Å². The van der Waals surface area contributed by atoms with Crippen LogP contribution in [0.2, 0.25) is 0 Å². The summed E-state index contributed by atoms with van der Waals surface area (Å²) >= 11 is 0. The normalized spacial score (nSPS) is 12.8. The first-order valence-corrected chi connectivity index (χ1v) is 11.6. The molecule has 166 valence electrons. The number of sulfonamides is 1. The molecule has 1 N–H and O–H groups in total. The molecule has 7 nitrogen and oxygen atoms in total. The topological polar surface area (TPSA) is 84.9 Å². The molecule has 3 aromatic rings. The first-order valence-electron chi connectivity index (χ1n) is 9.78. The van der Waals surface area contributed by atoms with Gasteiger partial charge in [-0.3, -0.25) is 9.10 Å². The molecule has 9 heteroatoms. The van der Waals surface area contributed by atoms with Crippen molar-refractivity contribution in [2.45, 2.75) is 0 Å². The molecule has 1 aliphatic heterocycles. The maximum atomic E-state index is 14.3. The van der Waals surface area contributed by atoms with E-state index in [4.69, 9.17) is 9.47 Å².